The summed E-state index contributed by atoms with van der Waals surface area (Å²) >= 11 is 0. The van der Waals surface area contributed by atoms with E-state index in [0.717, 1.165) is 70.6 Å². The molecule has 0 aliphatic carbocycles. The second-order valence-electron chi connectivity index (χ2n) is 12.2. The Morgan fingerprint density at radius 2 is 0.961 bits per heavy atom. The van der Waals surface area contributed by atoms with Crippen LogP contribution in [0.3, 0.4) is 0 Å². The molecule has 0 aromatic carbocycles. The highest BCUT2D eigenvalue weighted by Gasteiger charge is 2.27. The molecule has 0 saturated heterocycles. The fourth-order valence-corrected chi connectivity index (χ4v) is 5.29. The van der Waals surface area contributed by atoms with Crippen molar-refractivity contribution in [1.29, 1.82) is 0 Å². The maximum Gasteiger partial charge on any atom is 0.472 e. The van der Waals surface area contributed by atoms with Gasteiger partial charge in [0.2, 0.25) is 0 Å². The lowest BCUT2D eigenvalue weighted by Crippen LogP contribution is -2.28. The predicted octanol–water partition coefficient (Wildman–Crippen LogP) is 9.33. The molecule has 0 amide bonds. The molecule has 0 aromatic rings. The number of rotatable bonds is 34. The predicted molar refractivity (Wildman–Crippen MR) is 205 cm³/mol. The molecule has 11 heteroatoms. The van der Waals surface area contributed by atoms with Crippen LogP contribution in [0, 0.1) is 0 Å². The van der Waals surface area contributed by atoms with Gasteiger partial charge in [0.25, 0.3) is 0 Å². The van der Waals surface area contributed by atoms with Gasteiger partial charge in [0, 0.05) is 12.8 Å². The number of allylic oxidation sites excluding steroid dienone is 12. The van der Waals surface area contributed by atoms with Crippen molar-refractivity contribution >= 4 is 19.8 Å². The third-order valence-corrected chi connectivity index (χ3v) is 8.37. The Morgan fingerprint density at radius 3 is 1.45 bits per heavy atom. The molecule has 0 aromatic heterocycles. The first-order chi connectivity index (χ1) is 24.8. The van der Waals surface area contributed by atoms with Crippen molar-refractivity contribution in [3.05, 3.63) is 72.9 Å². The van der Waals surface area contributed by atoms with Gasteiger partial charge in [-0.2, -0.15) is 0 Å². The summed E-state index contributed by atoms with van der Waals surface area (Å²) in [5, 5.41) is 19.1. The number of ether oxygens (including phenoxy) is 2. The van der Waals surface area contributed by atoms with Crippen molar-refractivity contribution in [2.75, 3.05) is 26.4 Å². The van der Waals surface area contributed by atoms with E-state index in [1.54, 1.807) is 0 Å². The number of carbonyl (C=O) groups is 2. The normalized spacial score (nSPS) is 14.8. The summed E-state index contributed by atoms with van der Waals surface area (Å²) in [4.78, 5) is 34.3. The van der Waals surface area contributed by atoms with E-state index in [0.29, 0.717) is 12.8 Å². The van der Waals surface area contributed by atoms with E-state index in [-0.39, 0.29) is 12.8 Å². The third kappa shape index (κ3) is 34.3. The number of phosphoric acid groups is 1. The van der Waals surface area contributed by atoms with Gasteiger partial charge in [-0.25, -0.2) is 4.57 Å². The SMILES string of the molecule is CC/C=C\C/C=C\C/C=C\C/C=C\CCC(=O)OC(CO)COP(=O)(O)OCC(CO)OC(=O)CCCCCCC/C=C\C/C=C\CCCCC. The first kappa shape index (κ1) is 48.4. The highest BCUT2D eigenvalue weighted by Crippen LogP contribution is 2.43. The number of esters is 2. The van der Waals surface area contributed by atoms with Gasteiger partial charge in [0.05, 0.1) is 26.4 Å². The number of hydrogen-bond donors (Lipinski definition) is 3. The number of phosphoric ester groups is 1. The molecule has 0 fully saturated rings. The molecule has 3 atom stereocenters. The molecule has 51 heavy (non-hydrogen) atoms. The van der Waals surface area contributed by atoms with Crippen molar-refractivity contribution in [3.63, 3.8) is 0 Å². The van der Waals surface area contributed by atoms with Crippen LogP contribution >= 0.6 is 7.82 Å². The van der Waals surface area contributed by atoms with Crippen LogP contribution in [-0.2, 0) is 32.7 Å². The van der Waals surface area contributed by atoms with Crippen LogP contribution < -0.4 is 0 Å². The first-order valence-electron chi connectivity index (χ1n) is 18.9. The van der Waals surface area contributed by atoms with Gasteiger partial charge >= 0.3 is 19.8 Å². The van der Waals surface area contributed by atoms with Gasteiger partial charge in [-0.15, -0.1) is 0 Å². The lowest BCUT2D eigenvalue weighted by molar-refractivity contribution is -0.153. The molecule has 0 heterocycles. The van der Waals surface area contributed by atoms with Gasteiger partial charge in [-0.3, -0.25) is 18.6 Å². The van der Waals surface area contributed by atoms with E-state index in [4.69, 9.17) is 18.5 Å². The average Bonchev–Trinajstić information content (AvgIpc) is 3.12. The maximum atomic E-state index is 12.3. The lowest BCUT2D eigenvalue weighted by atomic mass is 10.1. The van der Waals surface area contributed by atoms with E-state index in [1.807, 2.05) is 18.2 Å². The maximum absolute atomic E-state index is 12.3. The highest BCUT2D eigenvalue weighted by atomic mass is 31.2. The summed E-state index contributed by atoms with van der Waals surface area (Å²) < 4.78 is 32.3. The summed E-state index contributed by atoms with van der Waals surface area (Å²) in [6, 6.07) is 0. The number of unbranched alkanes of at least 4 members (excludes halogenated alkanes) is 8. The lowest BCUT2D eigenvalue weighted by Gasteiger charge is -2.20. The van der Waals surface area contributed by atoms with Gasteiger partial charge in [0.15, 0.2) is 0 Å². The Bertz CT molecular complexity index is 1080. The fourth-order valence-electron chi connectivity index (χ4n) is 4.51. The molecule has 3 N–H and O–H groups in total. The summed E-state index contributed by atoms with van der Waals surface area (Å²) in [6.45, 7) is 1.93. The van der Waals surface area contributed by atoms with Crippen molar-refractivity contribution in [2.45, 2.75) is 142 Å². The molecule has 292 valence electrons. The Morgan fingerprint density at radius 1 is 0.549 bits per heavy atom. The second-order valence-corrected chi connectivity index (χ2v) is 13.6. The van der Waals surface area contributed by atoms with Crippen molar-refractivity contribution in [3.8, 4) is 0 Å². The first-order valence-corrected chi connectivity index (χ1v) is 20.4. The quantitative estimate of drug-likeness (QED) is 0.0252. The van der Waals surface area contributed by atoms with Gasteiger partial charge < -0.3 is 24.6 Å². The van der Waals surface area contributed by atoms with Gasteiger partial charge in [-0.05, 0) is 70.6 Å². The van der Waals surface area contributed by atoms with E-state index in [9.17, 15) is 29.3 Å². The molecule has 0 aliphatic heterocycles. The molecule has 10 nitrogen and oxygen atoms in total. The minimum Gasteiger partial charge on any atom is -0.457 e. The van der Waals surface area contributed by atoms with Gasteiger partial charge in [0.1, 0.15) is 12.2 Å². The summed E-state index contributed by atoms with van der Waals surface area (Å²) in [5.74, 6) is -1.13. The third-order valence-electron chi connectivity index (χ3n) is 7.42. The molecule has 0 spiro atoms. The molecular weight excluding hydrogens is 671 g/mol. The number of aliphatic hydroxyl groups is 2. The Hall–Kier alpha value is -2.59. The molecule has 0 radical (unpaired) electrons. The van der Waals surface area contributed by atoms with E-state index in [1.165, 1.54) is 19.3 Å². The van der Waals surface area contributed by atoms with Crippen molar-refractivity contribution in [2.24, 2.45) is 0 Å². The minimum absolute atomic E-state index is 0.0662. The van der Waals surface area contributed by atoms with Crippen molar-refractivity contribution in [1.82, 2.24) is 0 Å². The highest BCUT2D eigenvalue weighted by molar-refractivity contribution is 7.47. The number of hydrogen-bond acceptors (Lipinski definition) is 9. The molecular formula is C40H67O10P. The second kappa shape index (κ2) is 35.8. The Labute approximate surface area is 308 Å². The van der Waals surface area contributed by atoms with E-state index in [2.05, 4.69) is 68.5 Å². The zero-order chi connectivity index (χ0) is 37.7. The van der Waals surface area contributed by atoms with E-state index >= 15 is 0 Å². The fraction of sp³-hybridized carbons (Fsp3) is 0.650. The van der Waals surface area contributed by atoms with Crippen LogP contribution in [0.5, 0.6) is 0 Å². The monoisotopic (exact) mass is 738 g/mol. The molecule has 0 rings (SSSR count). The zero-order valence-corrected chi connectivity index (χ0v) is 32.2. The van der Waals surface area contributed by atoms with Crippen LogP contribution in [-0.4, -0.2) is 65.7 Å². The molecule has 0 aliphatic rings. The molecule has 3 unspecified atom stereocenters. The van der Waals surface area contributed by atoms with Crippen LogP contribution in [0.1, 0.15) is 129 Å². The zero-order valence-electron chi connectivity index (χ0n) is 31.3. The Kier molecular flexibility index (Phi) is 34.0. The molecule has 0 bridgehead atoms. The average molecular weight is 739 g/mol. The van der Waals surface area contributed by atoms with Crippen LogP contribution in [0.2, 0.25) is 0 Å². The number of aliphatic hydroxyl groups excluding tert-OH is 2. The van der Waals surface area contributed by atoms with Crippen molar-refractivity contribution < 1.29 is 47.8 Å². The summed E-state index contributed by atoms with van der Waals surface area (Å²) in [7, 11) is -4.66. The van der Waals surface area contributed by atoms with Crippen LogP contribution in [0.25, 0.3) is 0 Å². The van der Waals surface area contributed by atoms with E-state index < -0.39 is 58.4 Å². The summed E-state index contributed by atoms with van der Waals surface area (Å²) in [6.07, 6.45) is 39.0. The van der Waals surface area contributed by atoms with Crippen LogP contribution in [0.4, 0.5) is 0 Å². The molecule has 0 saturated carbocycles. The topological polar surface area (TPSA) is 149 Å². The summed E-state index contributed by atoms with van der Waals surface area (Å²) in [5.41, 5.74) is 0. The standard InChI is InChI=1S/C40H67O10P/c1-3-5-7-9-11-13-15-17-18-20-22-24-26-28-30-32-40(44)50-38(34-42)36-48-51(45,46)47-35-37(33-41)49-39(43)31-29-27-25-23-21-19-16-14-12-10-8-6-4-2/h6,8,11-14,17-19,21,25,27,37-38,41-42H,3-5,7,9-10,15-16,20,22-24,26,28-36H2,1-2H3,(H,45,46)/b8-6-,13-11-,14-12-,18-17-,21-19-,27-25-. The smallest absolute Gasteiger partial charge is 0.457 e. The minimum atomic E-state index is -4.66. The largest absolute Gasteiger partial charge is 0.472 e. The van der Waals surface area contributed by atoms with Gasteiger partial charge in [-0.1, -0.05) is 119 Å². The Balaban J connectivity index is 4.11. The van der Waals surface area contributed by atoms with Crippen LogP contribution in [0.15, 0.2) is 72.9 Å². The number of carbonyl (C=O) groups excluding carboxylic acids is 2.